The maximum Gasteiger partial charge on any atom is 0.322 e. The summed E-state index contributed by atoms with van der Waals surface area (Å²) in [5, 5.41) is 12.7. The van der Waals surface area contributed by atoms with Crippen molar-refractivity contribution >= 4 is 34.9 Å². The van der Waals surface area contributed by atoms with E-state index in [1.165, 1.54) is 5.56 Å². The minimum absolute atomic E-state index is 0.106. The number of nitriles is 1. The van der Waals surface area contributed by atoms with Gasteiger partial charge in [0.2, 0.25) is 0 Å². The molecule has 1 N–H and O–H groups in total. The van der Waals surface area contributed by atoms with Gasteiger partial charge in [-0.15, -0.1) is 0 Å². The van der Waals surface area contributed by atoms with E-state index in [0.717, 1.165) is 71.4 Å². The fourth-order valence-corrected chi connectivity index (χ4v) is 6.76. The third-order valence-electron chi connectivity index (χ3n) is 8.47. The van der Waals surface area contributed by atoms with Gasteiger partial charge in [-0.2, -0.15) is 5.26 Å². The van der Waals surface area contributed by atoms with Crippen LogP contribution in [0.15, 0.2) is 36.4 Å². The first-order valence-corrected chi connectivity index (χ1v) is 14.0. The van der Waals surface area contributed by atoms with E-state index in [1.807, 2.05) is 12.1 Å². The van der Waals surface area contributed by atoms with E-state index < -0.39 is 0 Å². The molecule has 3 aliphatic rings. The highest BCUT2D eigenvalue weighted by Gasteiger charge is 2.63. The van der Waals surface area contributed by atoms with Crippen LogP contribution in [0.3, 0.4) is 0 Å². The smallest absolute Gasteiger partial charge is 0.321 e. The zero-order valence-electron chi connectivity index (χ0n) is 21.3. The third kappa shape index (κ3) is 5.88. The largest absolute Gasteiger partial charge is 0.322 e. The number of benzene rings is 1. The molecule has 1 aliphatic heterocycles. The van der Waals surface area contributed by atoms with Gasteiger partial charge in [-0.3, -0.25) is 0 Å². The first-order valence-electron chi connectivity index (χ1n) is 13.2. The summed E-state index contributed by atoms with van der Waals surface area (Å²) in [7, 11) is 2.17. The topological polar surface area (TPSA) is 75.5 Å². The van der Waals surface area contributed by atoms with Crippen molar-refractivity contribution in [1.29, 1.82) is 5.26 Å². The van der Waals surface area contributed by atoms with E-state index in [-0.39, 0.29) is 27.8 Å². The molecule has 3 atom stereocenters. The van der Waals surface area contributed by atoms with Gasteiger partial charge in [-0.05, 0) is 81.4 Å². The van der Waals surface area contributed by atoms with Crippen LogP contribution in [0.25, 0.3) is 0 Å². The van der Waals surface area contributed by atoms with Gasteiger partial charge in [0.25, 0.3) is 0 Å². The number of urea groups is 1. The Kier molecular flexibility index (Phi) is 7.92. The molecule has 0 bridgehead atoms. The van der Waals surface area contributed by atoms with Crippen molar-refractivity contribution in [2.75, 3.05) is 51.6 Å². The summed E-state index contributed by atoms with van der Waals surface area (Å²) in [5.74, 6) is 0.438. The Labute approximate surface area is 229 Å². The van der Waals surface area contributed by atoms with Gasteiger partial charge in [0.1, 0.15) is 10.3 Å². The SMILES string of the molecule is CN1CCN(CCCCN(C(=O)Nc2cc(Cl)nc(Cl)c2)[C@@H]2CC[C@]3(c4ccc(C#N)cc4)CC23)CC1. The number of rotatable bonds is 8. The minimum Gasteiger partial charge on any atom is -0.321 e. The van der Waals surface area contributed by atoms with Crippen molar-refractivity contribution in [3.63, 3.8) is 0 Å². The number of anilines is 1. The molecule has 5 rings (SSSR count). The lowest BCUT2D eigenvalue weighted by molar-refractivity contribution is 0.147. The lowest BCUT2D eigenvalue weighted by atomic mass is 9.93. The van der Waals surface area contributed by atoms with Crippen LogP contribution in [0.5, 0.6) is 0 Å². The fraction of sp³-hybridized carbons (Fsp3) is 0.536. The van der Waals surface area contributed by atoms with E-state index in [4.69, 9.17) is 23.2 Å². The predicted octanol–water partition coefficient (Wildman–Crippen LogP) is 5.24. The number of likely N-dealkylation sites (N-methyl/N-ethyl adjacent to an activating group) is 1. The van der Waals surface area contributed by atoms with Gasteiger partial charge in [-0.25, -0.2) is 9.78 Å². The first-order chi connectivity index (χ1) is 17.9. The van der Waals surface area contributed by atoms with Gasteiger partial charge in [0.05, 0.1) is 11.6 Å². The normalized spacial score (nSPS) is 25.4. The van der Waals surface area contributed by atoms with Crippen LogP contribution in [-0.2, 0) is 5.41 Å². The Balaban J connectivity index is 1.26. The molecule has 2 aromatic rings. The highest BCUT2D eigenvalue weighted by Crippen LogP contribution is 2.65. The highest BCUT2D eigenvalue weighted by molar-refractivity contribution is 6.33. The monoisotopic (exact) mass is 540 g/mol. The molecule has 2 aliphatic carbocycles. The molecule has 2 heterocycles. The molecule has 0 spiro atoms. The summed E-state index contributed by atoms with van der Waals surface area (Å²) in [6.07, 6.45) is 5.16. The maximum absolute atomic E-state index is 13.6. The summed E-state index contributed by atoms with van der Waals surface area (Å²) in [5.41, 5.74) is 2.66. The third-order valence-corrected chi connectivity index (χ3v) is 8.86. The number of nitrogens with zero attached hydrogens (tertiary/aromatic N) is 5. The number of pyridine rings is 1. The van der Waals surface area contributed by atoms with E-state index in [2.05, 4.69) is 50.3 Å². The van der Waals surface area contributed by atoms with Crippen LogP contribution in [0.2, 0.25) is 10.3 Å². The number of unbranched alkanes of at least 4 members (excludes halogenated alkanes) is 1. The van der Waals surface area contributed by atoms with Gasteiger partial charge in [0, 0.05) is 49.9 Å². The second kappa shape index (κ2) is 11.2. The molecule has 1 unspecified atom stereocenters. The zero-order valence-corrected chi connectivity index (χ0v) is 22.8. The summed E-state index contributed by atoms with van der Waals surface area (Å²) in [6.45, 7) is 6.25. The number of carbonyl (C=O) groups is 1. The van der Waals surface area contributed by atoms with Gasteiger partial charge >= 0.3 is 6.03 Å². The molecule has 1 aromatic heterocycles. The Morgan fingerprint density at radius 1 is 1.16 bits per heavy atom. The Morgan fingerprint density at radius 2 is 1.86 bits per heavy atom. The Hall–Kier alpha value is -2.37. The molecular formula is C28H34Cl2N6O. The van der Waals surface area contributed by atoms with Gasteiger partial charge in [-0.1, -0.05) is 35.3 Å². The number of fused-ring (bicyclic) bond motifs is 1. The van der Waals surface area contributed by atoms with Crippen LogP contribution in [0.1, 0.15) is 43.2 Å². The number of piperazine rings is 1. The lowest BCUT2D eigenvalue weighted by Crippen LogP contribution is -2.45. The van der Waals surface area contributed by atoms with Crippen LogP contribution in [-0.4, -0.2) is 78.1 Å². The number of aromatic nitrogens is 1. The van der Waals surface area contributed by atoms with Crippen LogP contribution in [0, 0.1) is 17.2 Å². The molecule has 3 fully saturated rings. The van der Waals surface area contributed by atoms with Gasteiger partial charge < -0.3 is 20.0 Å². The van der Waals surface area contributed by atoms with Crippen LogP contribution in [0.4, 0.5) is 10.5 Å². The fourth-order valence-electron chi connectivity index (χ4n) is 6.30. The number of hydrogen-bond acceptors (Lipinski definition) is 5. The standard InChI is InChI=1S/C28H34Cl2N6O/c1-34-12-14-35(15-13-34)10-2-3-11-36(27(37)32-22-16-25(29)33-26(30)17-22)24-8-9-28(18-23(24)28)21-6-4-20(19-31)5-7-21/h4-7,16-17,23-24H,2-3,8-15,18H2,1H3,(H,32,33,37)/t23?,24-,28-/m1/s1. The lowest BCUT2D eigenvalue weighted by Gasteiger charge is -2.33. The maximum atomic E-state index is 13.6. The number of carbonyl (C=O) groups excluding carboxylic acids is 1. The Bertz CT molecular complexity index is 1140. The summed E-state index contributed by atoms with van der Waals surface area (Å²) >= 11 is 12.1. The average molecular weight is 542 g/mol. The van der Waals surface area contributed by atoms with Crippen molar-refractivity contribution < 1.29 is 4.79 Å². The minimum atomic E-state index is -0.106. The number of amides is 2. The molecule has 2 amide bonds. The molecule has 2 saturated carbocycles. The summed E-state index contributed by atoms with van der Waals surface area (Å²) < 4.78 is 0. The average Bonchev–Trinajstić information content (AvgIpc) is 3.50. The summed E-state index contributed by atoms with van der Waals surface area (Å²) in [4.78, 5) is 24.5. The van der Waals surface area contributed by atoms with Crippen molar-refractivity contribution in [3.05, 3.63) is 57.8 Å². The van der Waals surface area contributed by atoms with E-state index >= 15 is 0 Å². The molecule has 1 saturated heterocycles. The van der Waals surface area contributed by atoms with Gasteiger partial charge in [0.15, 0.2) is 0 Å². The molecule has 1 aromatic carbocycles. The van der Waals surface area contributed by atoms with Crippen molar-refractivity contribution in [2.45, 2.75) is 43.6 Å². The highest BCUT2D eigenvalue weighted by atomic mass is 35.5. The number of hydrogen-bond donors (Lipinski definition) is 1. The van der Waals surface area contributed by atoms with Crippen molar-refractivity contribution in [2.24, 2.45) is 5.92 Å². The molecule has 196 valence electrons. The van der Waals surface area contributed by atoms with E-state index in [1.54, 1.807) is 12.1 Å². The molecule has 37 heavy (non-hydrogen) atoms. The molecule has 0 radical (unpaired) electrons. The molecule has 7 nitrogen and oxygen atoms in total. The second-order valence-electron chi connectivity index (χ2n) is 10.7. The van der Waals surface area contributed by atoms with Crippen LogP contribution < -0.4 is 5.32 Å². The van der Waals surface area contributed by atoms with Crippen LogP contribution >= 0.6 is 23.2 Å². The second-order valence-corrected chi connectivity index (χ2v) is 11.5. The molecular weight excluding hydrogens is 507 g/mol. The van der Waals surface area contributed by atoms with E-state index in [0.29, 0.717) is 17.2 Å². The quantitative estimate of drug-likeness (QED) is 0.366. The van der Waals surface area contributed by atoms with E-state index in [9.17, 15) is 10.1 Å². The first kappa shape index (κ1) is 26.2. The summed E-state index contributed by atoms with van der Waals surface area (Å²) in [6, 6.07) is 13.6. The predicted molar refractivity (Wildman–Crippen MR) is 147 cm³/mol. The Morgan fingerprint density at radius 3 is 2.51 bits per heavy atom. The zero-order chi connectivity index (χ0) is 26.0. The number of nitrogens with one attached hydrogen (secondary N) is 1. The van der Waals surface area contributed by atoms with Crippen molar-refractivity contribution in [3.8, 4) is 6.07 Å². The number of halogens is 2. The molecule has 9 heteroatoms. The van der Waals surface area contributed by atoms with Crippen molar-refractivity contribution in [1.82, 2.24) is 19.7 Å².